The molecule has 118 valence electrons. The molecule has 1 aliphatic heterocycles. The highest BCUT2D eigenvalue weighted by Gasteiger charge is 2.31. The maximum Gasteiger partial charge on any atom is 0.254 e. The van der Waals surface area contributed by atoms with E-state index in [4.69, 9.17) is 11.6 Å². The van der Waals surface area contributed by atoms with Crippen molar-refractivity contribution in [1.82, 2.24) is 14.2 Å². The highest BCUT2D eigenvalue weighted by molar-refractivity contribution is 7.91. The van der Waals surface area contributed by atoms with E-state index in [2.05, 4.69) is 4.98 Å². The normalized spacial score (nSPS) is 17.8. The van der Waals surface area contributed by atoms with E-state index in [-0.39, 0.29) is 14.6 Å². The number of aryl methyl sites for hydroxylation is 1. The van der Waals surface area contributed by atoms with Gasteiger partial charge in [0.15, 0.2) is 8.68 Å². The fraction of sp³-hybridized carbons (Fsp3) is 0.667. The van der Waals surface area contributed by atoms with Crippen molar-refractivity contribution >= 4 is 38.9 Å². The zero-order valence-electron chi connectivity index (χ0n) is 12.0. The molecule has 0 radical (unpaired) electrons. The van der Waals surface area contributed by atoms with Crippen LogP contribution in [0.15, 0.2) is 4.21 Å². The second kappa shape index (κ2) is 6.60. The van der Waals surface area contributed by atoms with Crippen LogP contribution in [0.25, 0.3) is 0 Å². The number of aromatic nitrogens is 1. The van der Waals surface area contributed by atoms with Crippen LogP contribution in [0, 0.1) is 6.92 Å². The van der Waals surface area contributed by atoms with Crippen molar-refractivity contribution in [1.29, 1.82) is 0 Å². The van der Waals surface area contributed by atoms with Gasteiger partial charge in [-0.3, -0.25) is 4.79 Å². The molecule has 1 aromatic heterocycles. The minimum atomic E-state index is -3.58. The average molecular weight is 352 g/mol. The van der Waals surface area contributed by atoms with Crippen LogP contribution >= 0.6 is 22.9 Å². The minimum Gasteiger partial charge on any atom is -0.341 e. The molecule has 2 rings (SSSR count). The van der Waals surface area contributed by atoms with Crippen LogP contribution in [0.1, 0.15) is 25.5 Å². The topological polar surface area (TPSA) is 70.6 Å². The van der Waals surface area contributed by atoms with Crippen molar-refractivity contribution in [2.45, 2.75) is 30.9 Å². The number of hydrogen-bond acceptors (Lipinski definition) is 5. The smallest absolute Gasteiger partial charge is 0.254 e. The molecule has 1 fully saturated rings. The largest absolute Gasteiger partial charge is 0.341 e. The van der Waals surface area contributed by atoms with E-state index in [1.807, 2.05) is 6.92 Å². The summed E-state index contributed by atoms with van der Waals surface area (Å²) >= 11 is 6.78. The Morgan fingerprint density at radius 1 is 1.33 bits per heavy atom. The van der Waals surface area contributed by atoms with Crippen LogP contribution in [0.4, 0.5) is 0 Å². The molecule has 0 bridgehead atoms. The molecule has 2 heterocycles. The predicted molar refractivity (Wildman–Crippen MR) is 82.1 cm³/mol. The lowest BCUT2D eigenvalue weighted by Crippen LogP contribution is -2.37. The number of amides is 1. The summed E-state index contributed by atoms with van der Waals surface area (Å²) in [6.07, 6.45) is 1.08. The molecule has 1 aliphatic rings. The first kappa shape index (κ1) is 16.7. The van der Waals surface area contributed by atoms with Gasteiger partial charge < -0.3 is 4.90 Å². The summed E-state index contributed by atoms with van der Waals surface area (Å²) in [7, 11) is -3.58. The van der Waals surface area contributed by atoms with Crippen LogP contribution < -0.4 is 0 Å². The number of nitrogens with zero attached hydrogens (tertiary/aromatic N) is 3. The summed E-state index contributed by atoms with van der Waals surface area (Å²) < 4.78 is 27.2. The van der Waals surface area contributed by atoms with E-state index in [1.54, 1.807) is 11.8 Å². The Kier molecular flexibility index (Phi) is 5.24. The summed E-state index contributed by atoms with van der Waals surface area (Å²) in [6.45, 7) is 5.19. The van der Waals surface area contributed by atoms with Crippen molar-refractivity contribution < 1.29 is 13.2 Å². The third-order valence-electron chi connectivity index (χ3n) is 3.41. The zero-order chi connectivity index (χ0) is 15.6. The molecule has 9 heteroatoms. The Morgan fingerprint density at radius 2 is 2.05 bits per heavy atom. The van der Waals surface area contributed by atoms with Gasteiger partial charge in [0, 0.05) is 32.6 Å². The lowest BCUT2D eigenvalue weighted by atomic mass is 10.3. The summed E-state index contributed by atoms with van der Waals surface area (Å²) in [5.74, 6) is 0.0614. The predicted octanol–water partition coefficient (Wildman–Crippen LogP) is 1.74. The Balaban J connectivity index is 2.18. The zero-order valence-corrected chi connectivity index (χ0v) is 14.4. The van der Waals surface area contributed by atoms with E-state index in [0.29, 0.717) is 44.7 Å². The molecule has 0 aliphatic carbocycles. The molecule has 0 spiro atoms. The number of hydrogen-bond donors (Lipinski definition) is 0. The lowest BCUT2D eigenvalue weighted by molar-refractivity contribution is -0.130. The van der Waals surface area contributed by atoms with Crippen molar-refractivity contribution in [2.75, 3.05) is 26.2 Å². The highest BCUT2D eigenvalue weighted by Crippen LogP contribution is 2.29. The molecule has 6 nitrogen and oxygen atoms in total. The Hall–Kier alpha value is -0.700. The second-order valence-electron chi connectivity index (χ2n) is 4.83. The molecular weight excluding hydrogens is 334 g/mol. The van der Waals surface area contributed by atoms with Gasteiger partial charge in [-0.25, -0.2) is 13.4 Å². The third kappa shape index (κ3) is 3.56. The first-order valence-corrected chi connectivity index (χ1v) is 9.40. The van der Waals surface area contributed by atoms with Crippen LogP contribution in [0.3, 0.4) is 0 Å². The van der Waals surface area contributed by atoms with Gasteiger partial charge in [0.05, 0.1) is 5.69 Å². The standard InChI is InChI=1S/C12H18ClN3O3S2/c1-3-10(17)15-5-4-6-16(8-7-15)21(18,19)11-9(2)14-12(13)20-11/h3-8H2,1-2H3. The minimum absolute atomic E-state index is 0.0614. The fourth-order valence-electron chi connectivity index (χ4n) is 2.31. The number of carbonyl (C=O) groups is 1. The van der Waals surface area contributed by atoms with E-state index in [0.717, 1.165) is 11.3 Å². The molecule has 0 aromatic carbocycles. The van der Waals surface area contributed by atoms with Crippen molar-refractivity contribution in [3.8, 4) is 0 Å². The van der Waals surface area contributed by atoms with Crippen LogP contribution in [-0.2, 0) is 14.8 Å². The summed E-state index contributed by atoms with van der Waals surface area (Å²) in [6, 6.07) is 0. The van der Waals surface area contributed by atoms with Crippen molar-refractivity contribution in [3.63, 3.8) is 0 Å². The Bertz CT molecular complexity index is 630. The average Bonchev–Trinajstić information content (AvgIpc) is 2.67. The van der Waals surface area contributed by atoms with Gasteiger partial charge in [-0.15, -0.1) is 0 Å². The number of halogens is 1. The molecule has 1 aromatic rings. The first-order valence-electron chi connectivity index (χ1n) is 6.77. The quantitative estimate of drug-likeness (QED) is 0.831. The molecule has 0 saturated carbocycles. The molecule has 0 atom stereocenters. The molecule has 1 amide bonds. The summed E-state index contributed by atoms with van der Waals surface area (Å²) in [5, 5.41) is 0. The monoisotopic (exact) mass is 351 g/mol. The number of carbonyl (C=O) groups excluding carboxylic acids is 1. The van der Waals surface area contributed by atoms with Gasteiger partial charge in [-0.05, 0) is 13.3 Å². The highest BCUT2D eigenvalue weighted by atomic mass is 35.5. The van der Waals surface area contributed by atoms with Gasteiger partial charge in [0.25, 0.3) is 10.0 Å². The lowest BCUT2D eigenvalue weighted by Gasteiger charge is -2.21. The van der Waals surface area contributed by atoms with Crippen molar-refractivity contribution in [2.24, 2.45) is 0 Å². The molecular formula is C12H18ClN3O3S2. The molecule has 1 saturated heterocycles. The first-order chi connectivity index (χ1) is 9.86. The molecule has 0 unspecified atom stereocenters. The van der Waals surface area contributed by atoms with Gasteiger partial charge >= 0.3 is 0 Å². The second-order valence-corrected chi connectivity index (χ2v) is 8.55. The SMILES string of the molecule is CCC(=O)N1CCCN(S(=O)(=O)c2sc(Cl)nc2C)CC1. The fourth-order valence-corrected chi connectivity index (χ4v) is 5.66. The van der Waals surface area contributed by atoms with Gasteiger partial charge in [0.2, 0.25) is 5.91 Å². The van der Waals surface area contributed by atoms with E-state index >= 15 is 0 Å². The number of thiazole rings is 1. The van der Waals surface area contributed by atoms with E-state index < -0.39 is 10.0 Å². The number of sulfonamides is 1. The van der Waals surface area contributed by atoms with Gasteiger partial charge in [0.1, 0.15) is 0 Å². The summed E-state index contributed by atoms with van der Waals surface area (Å²) in [5.41, 5.74) is 0.427. The van der Waals surface area contributed by atoms with E-state index in [9.17, 15) is 13.2 Å². The van der Waals surface area contributed by atoms with Crippen LogP contribution in [0.5, 0.6) is 0 Å². The number of rotatable bonds is 3. The Labute approximate surface area is 133 Å². The van der Waals surface area contributed by atoms with Crippen LogP contribution in [-0.4, -0.2) is 54.7 Å². The van der Waals surface area contributed by atoms with Gasteiger partial charge in [-0.1, -0.05) is 29.9 Å². The van der Waals surface area contributed by atoms with Gasteiger partial charge in [-0.2, -0.15) is 4.31 Å². The maximum absolute atomic E-state index is 12.7. The summed E-state index contributed by atoms with van der Waals surface area (Å²) in [4.78, 5) is 17.4. The van der Waals surface area contributed by atoms with E-state index in [1.165, 1.54) is 4.31 Å². The Morgan fingerprint density at radius 3 is 2.62 bits per heavy atom. The van der Waals surface area contributed by atoms with Crippen LogP contribution in [0.2, 0.25) is 4.47 Å². The maximum atomic E-state index is 12.7. The molecule has 21 heavy (non-hydrogen) atoms. The van der Waals surface area contributed by atoms with Crippen molar-refractivity contribution in [3.05, 3.63) is 10.2 Å². The molecule has 0 N–H and O–H groups in total. The third-order valence-corrected chi connectivity index (χ3v) is 7.16.